The molecule has 0 aliphatic carbocycles. The minimum atomic E-state index is -0.901. The van der Waals surface area contributed by atoms with Gasteiger partial charge in [0.2, 0.25) is 0 Å². The summed E-state index contributed by atoms with van der Waals surface area (Å²) in [5, 5.41) is 28.3. The van der Waals surface area contributed by atoms with Crippen molar-refractivity contribution in [3.63, 3.8) is 0 Å². The molecule has 7 N–H and O–H groups in total. The predicted octanol–water partition coefficient (Wildman–Crippen LogP) is 0.875. The van der Waals surface area contributed by atoms with Gasteiger partial charge in [-0.15, -0.1) is 0 Å². The Bertz CT molecular complexity index is 1020. The van der Waals surface area contributed by atoms with Crippen LogP contribution < -0.4 is 31.9 Å². The number of hydrogen-bond donors (Lipinski definition) is 7. The average Bonchev–Trinajstić information content (AvgIpc) is 3.54. The molecule has 0 aromatic heterocycles. The van der Waals surface area contributed by atoms with Gasteiger partial charge in [0.15, 0.2) is 6.35 Å². The molecule has 2 aliphatic heterocycles. The number of urea groups is 1. The van der Waals surface area contributed by atoms with Crippen LogP contribution in [0.3, 0.4) is 0 Å². The fourth-order valence-electron chi connectivity index (χ4n) is 3.60. The van der Waals surface area contributed by atoms with Crippen LogP contribution in [0.15, 0.2) is 58.5 Å². The Morgan fingerprint density at radius 2 is 1.58 bits per heavy atom. The van der Waals surface area contributed by atoms with E-state index in [-0.39, 0.29) is 6.03 Å². The van der Waals surface area contributed by atoms with Crippen molar-refractivity contribution < 1.29 is 9.90 Å². The summed E-state index contributed by atoms with van der Waals surface area (Å²) in [5.41, 5.74) is 3.44. The molecule has 10 heteroatoms. The van der Waals surface area contributed by atoms with Crippen LogP contribution >= 0.6 is 0 Å². The third kappa shape index (κ3) is 6.67. The SMILES string of the molecule is O=C(NCCCNC(O)Nc1cccc(C2=NCCN2)c1)Nc1cccc(C2=NCCN2)c1. The van der Waals surface area contributed by atoms with E-state index in [1.54, 1.807) is 0 Å². The fourth-order valence-corrected chi connectivity index (χ4v) is 3.60. The van der Waals surface area contributed by atoms with Gasteiger partial charge < -0.3 is 31.7 Å². The summed E-state index contributed by atoms with van der Waals surface area (Å²) in [6, 6.07) is 15.0. The van der Waals surface area contributed by atoms with Gasteiger partial charge in [-0.2, -0.15) is 0 Å². The zero-order valence-electron chi connectivity index (χ0n) is 18.4. The molecule has 4 rings (SSSR count). The Morgan fingerprint density at radius 3 is 2.21 bits per heavy atom. The summed E-state index contributed by atoms with van der Waals surface area (Å²) in [5.74, 6) is 1.73. The monoisotopic (exact) mass is 450 g/mol. The van der Waals surface area contributed by atoms with E-state index in [4.69, 9.17) is 0 Å². The summed E-state index contributed by atoms with van der Waals surface area (Å²) >= 11 is 0. The van der Waals surface area contributed by atoms with Crippen LogP contribution in [0, 0.1) is 0 Å². The van der Waals surface area contributed by atoms with Crippen LogP contribution in [0.2, 0.25) is 0 Å². The van der Waals surface area contributed by atoms with Crippen molar-refractivity contribution in [3.05, 3.63) is 59.7 Å². The number of nitrogens with zero attached hydrogens (tertiary/aromatic N) is 2. The smallest absolute Gasteiger partial charge is 0.319 e. The first kappa shape index (κ1) is 22.6. The molecule has 0 bridgehead atoms. The molecule has 2 aromatic carbocycles. The molecule has 1 atom stereocenters. The molecule has 0 fully saturated rings. The van der Waals surface area contributed by atoms with Gasteiger partial charge in [-0.25, -0.2) is 4.79 Å². The number of nitrogens with one attached hydrogen (secondary N) is 6. The molecule has 0 radical (unpaired) electrons. The molecular formula is C23H30N8O2. The molecule has 174 valence electrons. The lowest BCUT2D eigenvalue weighted by Gasteiger charge is -2.16. The third-order valence-corrected chi connectivity index (χ3v) is 5.16. The number of rotatable bonds is 10. The lowest BCUT2D eigenvalue weighted by molar-refractivity contribution is 0.165. The number of benzene rings is 2. The van der Waals surface area contributed by atoms with E-state index in [2.05, 4.69) is 41.9 Å². The average molecular weight is 451 g/mol. The van der Waals surface area contributed by atoms with Gasteiger partial charge in [-0.05, 0) is 30.7 Å². The molecule has 2 amide bonds. The maximum absolute atomic E-state index is 12.2. The van der Waals surface area contributed by atoms with E-state index in [0.29, 0.717) is 25.2 Å². The standard InChI is InChI=1S/C23H30N8O2/c32-22(30-18-6-1-4-16(14-18)20-24-10-11-25-20)28-8-3-9-29-23(33)31-19-7-2-5-17(15-19)21-26-12-13-27-21/h1-2,4-7,14-15,22,28,30,32H,3,8-13H2,(H,24,25)(H,26,27)(H2,29,31,33). The number of aliphatic hydroxyl groups excluding tert-OH is 1. The zero-order valence-corrected chi connectivity index (χ0v) is 18.4. The van der Waals surface area contributed by atoms with Gasteiger partial charge in [0.25, 0.3) is 0 Å². The van der Waals surface area contributed by atoms with Crippen molar-refractivity contribution in [2.75, 3.05) is 49.9 Å². The van der Waals surface area contributed by atoms with Crippen LogP contribution in [0.4, 0.5) is 16.2 Å². The van der Waals surface area contributed by atoms with Gasteiger partial charge in [0.1, 0.15) is 11.7 Å². The van der Waals surface area contributed by atoms with Crippen molar-refractivity contribution in [2.24, 2.45) is 9.98 Å². The molecular weight excluding hydrogens is 420 g/mol. The van der Waals surface area contributed by atoms with Crippen molar-refractivity contribution >= 4 is 29.1 Å². The minimum absolute atomic E-state index is 0.271. The first-order valence-electron chi connectivity index (χ1n) is 11.2. The highest BCUT2D eigenvalue weighted by molar-refractivity contribution is 6.01. The van der Waals surface area contributed by atoms with Crippen LogP contribution in [-0.2, 0) is 0 Å². The van der Waals surface area contributed by atoms with Gasteiger partial charge in [-0.3, -0.25) is 15.3 Å². The van der Waals surface area contributed by atoms with Crippen molar-refractivity contribution in [2.45, 2.75) is 12.8 Å². The molecule has 2 aliphatic rings. The summed E-state index contributed by atoms with van der Waals surface area (Å²) in [6.07, 6.45) is -0.240. The second kappa shape index (κ2) is 11.3. The van der Waals surface area contributed by atoms with Gasteiger partial charge in [0.05, 0.1) is 13.1 Å². The zero-order chi connectivity index (χ0) is 22.9. The topological polar surface area (TPSA) is 134 Å². The first-order chi connectivity index (χ1) is 16.2. The molecule has 0 spiro atoms. The second-order valence-electron chi connectivity index (χ2n) is 7.71. The van der Waals surface area contributed by atoms with E-state index >= 15 is 0 Å². The first-order valence-corrected chi connectivity index (χ1v) is 11.2. The highest BCUT2D eigenvalue weighted by Crippen LogP contribution is 2.13. The Kier molecular flexibility index (Phi) is 7.72. The Morgan fingerprint density at radius 1 is 0.939 bits per heavy atom. The van der Waals surface area contributed by atoms with Crippen LogP contribution in [0.1, 0.15) is 17.5 Å². The van der Waals surface area contributed by atoms with Gasteiger partial charge >= 0.3 is 6.03 Å². The number of hydrogen-bond acceptors (Lipinski definition) is 8. The predicted molar refractivity (Wildman–Crippen MR) is 131 cm³/mol. The number of amides is 2. The number of carbonyl (C=O) groups is 1. The summed E-state index contributed by atoms with van der Waals surface area (Å²) in [7, 11) is 0. The van der Waals surface area contributed by atoms with Gasteiger partial charge in [-0.1, -0.05) is 24.3 Å². The highest BCUT2D eigenvalue weighted by Gasteiger charge is 2.11. The summed E-state index contributed by atoms with van der Waals surface area (Å²) in [6.45, 7) is 4.24. The van der Waals surface area contributed by atoms with Crippen molar-refractivity contribution in [1.82, 2.24) is 21.3 Å². The number of aliphatic imine (C=N–C) groups is 2. The number of anilines is 2. The summed E-state index contributed by atoms with van der Waals surface area (Å²) < 4.78 is 0. The quantitative estimate of drug-likeness (QED) is 0.212. The lowest BCUT2D eigenvalue weighted by atomic mass is 10.2. The molecule has 33 heavy (non-hydrogen) atoms. The van der Waals surface area contributed by atoms with Gasteiger partial charge in [0, 0.05) is 48.7 Å². The number of amidine groups is 2. The molecule has 1 unspecified atom stereocenters. The van der Waals surface area contributed by atoms with Crippen molar-refractivity contribution in [3.8, 4) is 0 Å². The Hall–Kier alpha value is -3.63. The van der Waals surface area contributed by atoms with E-state index in [1.807, 2.05) is 48.5 Å². The molecule has 0 saturated heterocycles. The Labute approximate surface area is 193 Å². The fraction of sp³-hybridized carbons (Fsp3) is 0.348. The second-order valence-corrected chi connectivity index (χ2v) is 7.71. The normalized spacial score (nSPS) is 15.7. The molecule has 10 nitrogen and oxygen atoms in total. The molecule has 2 heterocycles. The summed E-state index contributed by atoms with van der Waals surface area (Å²) in [4.78, 5) is 21.0. The van der Waals surface area contributed by atoms with E-state index in [0.717, 1.165) is 54.7 Å². The van der Waals surface area contributed by atoms with Crippen LogP contribution in [-0.4, -0.2) is 68.4 Å². The largest absolute Gasteiger partial charge is 0.368 e. The number of carbonyl (C=O) groups excluding carboxylic acids is 1. The van der Waals surface area contributed by atoms with E-state index in [1.165, 1.54) is 0 Å². The molecule has 2 aromatic rings. The lowest BCUT2D eigenvalue weighted by Crippen LogP contribution is -2.38. The maximum atomic E-state index is 12.2. The van der Waals surface area contributed by atoms with Crippen LogP contribution in [0.5, 0.6) is 0 Å². The van der Waals surface area contributed by atoms with Crippen molar-refractivity contribution in [1.29, 1.82) is 0 Å². The minimum Gasteiger partial charge on any atom is -0.368 e. The highest BCUT2D eigenvalue weighted by atomic mass is 16.3. The third-order valence-electron chi connectivity index (χ3n) is 5.16. The van der Waals surface area contributed by atoms with Crippen LogP contribution in [0.25, 0.3) is 0 Å². The number of aliphatic hydroxyl groups is 1. The molecule has 0 saturated carbocycles. The van der Waals surface area contributed by atoms with E-state index < -0.39 is 6.35 Å². The Balaban J connectivity index is 1.13. The maximum Gasteiger partial charge on any atom is 0.319 e. The van der Waals surface area contributed by atoms with E-state index in [9.17, 15) is 9.90 Å².